The monoisotopic (exact) mass is 400 g/mol. The fourth-order valence-electron chi connectivity index (χ4n) is 3.02. The SMILES string of the molecule is CC(C)(C)c1ccc(C(=O)Nc2cc(C(=O)N3CCOCC3)ccc2Cl)cc1. The maximum absolute atomic E-state index is 12.7. The first-order valence-corrected chi connectivity index (χ1v) is 9.72. The summed E-state index contributed by atoms with van der Waals surface area (Å²) >= 11 is 6.24. The van der Waals surface area contributed by atoms with E-state index in [0.717, 1.165) is 5.56 Å². The van der Waals surface area contributed by atoms with E-state index < -0.39 is 0 Å². The Morgan fingerprint density at radius 1 is 1.00 bits per heavy atom. The van der Waals surface area contributed by atoms with Gasteiger partial charge in [0, 0.05) is 24.2 Å². The van der Waals surface area contributed by atoms with Crippen LogP contribution in [0.2, 0.25) is 5.02 Å². The van der Waals surface area contributed by atoms with Crippen LogP contribution in [0.4, 0.5) is 5.69 Å². The number of amides is 2. The normalized spacial score (nSPS) is 14.6. The number of anilines is 1. The van der Waals surface area contributed by atoms with Crippen molar-refractivity contribution in [2.24, 2.45) is 0 Å². The number of morpholine rings is 1. The van der Waals surface area contributed by atoms with Crippen LogP contribution in [0.3, 0.4) is 0 Å². The zero-order valence-electron chi connectivity index (χ0n) is 16.4. The van der Waals surface area contributed by atoms with Crippen molar-refractivity contribution in [2.45, 2.75) is 26.2 Å². The average Bonchev–Trinajstić information content (AvgIpc) is 2.69. The summed E-state index contributed by atoms with van der Waals surface area (Å²) in [6.45, 7) is 8.56. The van der Waals surface area contributed by atoms with Gasteiger partial charge in [-0.1, -0.05) is 44.5 Å². The Balaban J connectivity index is 1.76. The molecule has 1 aliphatic heterocycles. The van der Waals surface area contributed by atoms with E-state index in [1.165, 1.54) is 0 Å². The molecule has 6 heteroatoms. The topological polar surface area (TPSA) is 58.6 Å². The second kappa shape index (κ2) is 8.33. The van der Waals surface area contributed by atoms with Crippen LogP contribution in [0, 0.1) is 0 Å². The summed E-state index contributed by atoms with van der Waals surface area (Å²) in [5.41, 5.74) is 2.62. The lowest BCUT2D eigenvalue weighted by Gasteiger charge is -2.27. The molecule has 28 heavy (non-hydrogen) atoms. The van der Waals surface area contributed by atoms with Crippen molar-refractivity contribution < 1.29 is 14.3 Å². The van der Waals surface area contributed by atoms with Gasteiger partial charge in [0.1, 0.15) is 0 Å². The molecule has 2 aromatic rings. The lowest BCUT2D eigenvalue weighted by Crippen LogP contribution is -2.40. The number of hydrogen-bond donors (Lipinski definition) is 1. The Labute approximate surface area is 170 Å². The molecule has 5 nitrogen and oxygen atoms in total. The summed E-state index contributed by atoms with van der Waals surface area (Å²) in [4.78, 5) is 27.0. The van der Waals surface area contributed by atoms with E-state index in [1.54, 1.807) is 35.2 Å². The van der Waals surface area contributed by atoms with Crippen molar-refractivity contribution in [1.82, 2.24) is 4.90 Å². The van der Waals surface area contributed by atoms with E-state index in [-0.39, 0.29) is 17.2 Å². The van der Waals surface area contributed by atoms with Crippen LogP contribution in [0.5, 0.6) is 0 Å². The molecule has 2 amide bonds. The van der Waals surface area contributed by atoms with Gasteiger partial charge in [-0.05, 0) is 41.3 Å². The van der Waals surface area contributed by atoms with Gasteiger partial charge in [-0.25, -0.2) is 0 Å². The van der Waals surface area contributed by atoms with Gasteiger partial charge in [-0.3, -0.25) is 9.59 Å². The molecule has 1 saturated heterocycles. The molecule has 0 atom stereocenters. The molecule has 2 aromatic carbocycles. The highest BCUT2D eigenvalue weighted by Gasteiger charge is 2.20. The summed E-state index contributed by atoms with van der Waals surface area (Å²) in [7, 11) is 0. The Morgan fingerprint density at radius 2 is 1.61 bits per heavy atom. The quantitative estimate of drug-likeness (QED) is 0.832. The number of ether oxygens (including phenoxy) is 1. The van der Waals surface area contributed by atoms with Gasteiger partial charge in [-0.2, -0.15) is 0 Å². The van der Waals surface area contributed by atoms with E-state index >= 15 is 0 Å². The number of nitrogens with one attached hydrogen (secondary N) is 1. The highest BCUT2D eigenvalue weighted by molar-refractivity contribution is 6.34. The third-order valence-electron chi connectivity index (χ3n) is 4.77. The standard InChI is InChI=1S/C22H25ClN2O3/c1-22(2,3)17-7-4-15(5-8-17)20(26)24-19-14-16(6-9-18(19)23)21(27)25-10-12-28-13-11-25/h4-9,14H,10-13H2,1-3H3,(H,24,26). The first-order valence-electron chi connectivity index (χ1n) is 9.34. The van der Waals surface area contributed by atoms with Gasteiger partial charge in [-0.15, -0.1) is 0 Å². The van der Waals surface area contributed by atoms with E-state index in [0.29, 0.717) is 48.1 Å². The van der Waals surface area contributed by atoms with Crippen molar-refractivity contribution in [1.29, 1.82) is 0 Å². The third kappa shape index (κ3) is 4.72. The predicted molar refractivity (Wildman–Crippen MR) is 111 cm³/mol. The molecule has 0 aromatic heterocycles. The van der Waals surface area contributed by atoms with Crippen LogP contribution in [-0.4, -0.2) is 43.0 Å². The lowest BCUT2D eigenvalue weighted by atomic mass is 9.87. The Morgan fingerprint density at radius 3 is 2.21 bits per heavy atom. The van der Waals surface area contributed by atoms with Gasteiger partial charge < -0.3 is 15.0 Å². The molecular weight excluding hydrogens is 376 g/mol. The Kier molecular flexibility index (Phi) is 6.06. The summed E-state index contributed by atoms with van der Waals surface area (Å²) in [5.74, 6) is -0.358. The van der Waals surface area contributed by atoms with Crippen LogP contribution in [-0.2, 0) is 10.2 Å². The van der Waals surface area contributed by atoms with E-state index in [1.807, 2.05) is 12.1 Å². The summed E-state index contributed by atoms with van der Waals surface area (Å²) in [5, 5.41) is 3.20. The maximum Gasteiger partial charge on any atom is 0.255 e. The first-order chi connectivity index (χ1) is 13.3. The van der Waals surface area contributed by atoms with Crippen LogP contribution < -0.4 is 5.32 Å². The Hall–Kier alpha value is -2.37. The molecule has 3 rings (SSSR count). The minimum atomic E-state index is -0.265. The number of halogens is 1. The fourth-order valence-corrected chi connectivity index (χ4v) is 3.18. The van der Waals surface area contributed by atoms with Crippen LogP contribution >= 0.6 is 11.6 Å². The largest absolute Gasteiger partial charge is 0.378 e. The number of carbonyl (C=O) groups excluding carboxylic acids is 2. The van der Waals surface area contributed by atoms with Crippen LogP contribution in [0.1, 0.15) is 47.1 Å². The van der Waals surface area contributed by atoms with Crippen molar-refractivity contribution in [2.75, 3.05) is 31.6 Å². The highest BCUT2D eigenvalue weighted by atomic mass is 35.5. The molecule has 0 bridgehead atoms. The molecule has 0 aliphatic carbocycles. The summed E-state index contributed by atoms with van der Waals surface area (Å²) in [6, 6.07) is 12.4. The smallest absolute Gasteiger partial charge is 0.255 e. The lowest BCUT2D eigenvalue weighted by molar-refractivity contribution is 0.0303. The van der Waals surface area contributed by atoms with Crippen molar-refractivity contribution in [3.05, 3.63) is 64.2 Å². The molecule has 0 saturated carbocycles. The number of carbonyl (C=O) groups is 2. The molecule has 1 aliphatic rings. The number of rotatable bonds is 3. The van der Waals surface area contributed by atoms with Gasteiger partial charge in [0.2, 0.25) is 0 Å². The second-order valence-corrected chi connectivity index (χ2v) is 8.29. The molecule has 0 radical (unpaired) electrons. The van der Waals surface area contributed by atoms with E-state index in [2.05, 4.69) is 26.1 Å². The molecular formula is C22H25ClN2O3. The zero-order chi connectivity index (χ0) is 20.3. The minimum absolute atomic E-state index is 0.0203. The molecule has 0 unspecified atom stereocenters. The molecule has 1 fully saturated rings. The number of nitrogens with zero attached hydrogens (tertiary/aromatic N) is 1. The van der Waals surface area contributed by atoms with E-state index in [9.17, 15) is 9.59 Å². The molecule has 148 valence electrons. The molecule has 1 heterocycles. The highest BCUT2D eigenvalue weighted by Crippen LogP contribution is 2.26. The first kappa shape index (κ1) is 20.4. The Bertz CT molecular complexity index is 866. The molecule has 1 N–H and O–H groups in total. The third-order valence-corrected chi connectivity index (χ3v) is 5.10. The zero-order valence-corrected chi connectivity index (χ0v) is 17.2. The number of benzene rings is 2. The average molecular weight is 401 g/mol. The van der Waals surface area contributed by atoms with Gasteiger partial charge >= 0.3 is 0 Å². The number of hydrogen-bond acceptors (Lipinski definition) is 3. The summed E-state index contributed by atoms with van der Waals surface area (Å²) in [6.07, 6.45) is 0. The van der Waals surface area contributed by atoms with Crippen LogP contribution in [0.25, 0.3) is 0 Å². The van der Waals surface area contributed by atoms with Gasteiger partial charge in [0.15, 0.2) is 0 Å². The molecule has 0 spiro atoms. The second-order valence-electron chi connectivity index (χ2n) is 7.88. The van der Waals surface area contributed by atoms with Crippen molar-refractivity contribution in [3.63, 3.8) is 0 Å². The van der Waals surface area contributed by atoms with Crippen LogP contribution in [0.15, 0.2) is 42.5 Å². The predicted octanol–water partition coefficient (Wildman–Crippen LogP) is 4.36. The minimum Gasteiger partial charge on any atom is -0.378 e. The fraction of sp³-hybridized carbons (Fsp3) is 0.364. The van der Waals surface area contributed by atoms with E-state index in [4.69, 9.17) is 16.3 Å². The summed E-state index contributed by atoms with van der Waals surface area (Å²) < 4.78 is 5.29. The maximum atomic E-state index is 12.7. The van der Waals surface area contributed by atoms with Crippen molar-refractivity contribution in [3.8, 4) is 0 Å². The van der Waals surface area contributed by atoms with Crippen molar-refractivity contribution >= 4 is 29.1 Å². The van der Waals surface area contributed by atoms with Gasteiger partial charge in [0.25, 0.3) is 11.8 Å². The van der Waals surface area contributed by atoms with Gasteiger partial charge in [0.05, 0.1) is 23.9 Å².